The number of aromatic nitrogens is 4. The first-order chi connectivity index (χ1) is 15.0. The van der Waals surface area contributed by atoms with Crippen LogP contribution < -0.4 is 10.9 Å². The molecule has 0 radical (unpaired) electrons. The molecule has 0 bridgehead atoms. The number of fused-ring (bicyclic) bond motifs is 3. The van der Waals surface area contributed by atoms with E-state index >= 15 is 0 Å². The molecule has 2 aromatic heterocycles. The Kier molecular flexibility index (Phi) is 4.81. The first-order valence-corrected chi connectivity index (χ1v) is 10.8. The summed E-state index contributed by atoms with van der Waals surface area (Å²) in [5, 5.41) is 11.0. The summed E-state index contributed by atoms with van der Waals surface area (Å²) in [4.78, 5) is 29.8. The lowest BCUT2D eigenvalue weighted by molar-refractivity contribution is 0.0923. The van der Waals surface area contributed by atoms with Crippen LogP contribution in [0.25, 0.3) is 27.8 Å². The predicted octanol–water partition coefficient (Wildman–Crippen LogP) is 3.85. The first-order valence-electron chi connectivity index (χ1n) is 10.8. The zero-order valence-electron chi connectivity index (χ0n) is 17.7. The Morgan fingerprint density at radius 2 is 1.84 bits per heavy atom. The first kappa shape index (κ1) is 19.5. The van der Waals surface area contributed by atoms with Gasteiger partial charge in [0.1, 0.15) is 5.69 Å². The minimum absolute atomic E-state index is 0.113. The molecule has 1 amide bonds. The summed E-state index contributed by atoms with van der Waals surface area (Å²) in [7, 11) is 0. The fourth-order valence-corrected chi connectivity index (χ4v) is 4.35. The number of rotatable bonds is 3. The van der Waals surface area contributed by atoms with Crippen LogP contribution in [0, 0.1) is 12.8 Å². The van der Waals surface area contributed by atoms with Gasteiger partial charge in [-0.25, -0.2) is 9.73 Å². The van der Waals surface area contributed by atoms with E-state index < -0.39 is 0 Å². The second-order valence-electron chi connectivity index (χ2n) is 8.66. The molecule has 7 nitrogen and oxygen atoms in total. The number of aryl methyl sites for hydroxylation is 1. The van der Waals surface area contributed by atoms with Crippen LogP contribution in [0.2, 0.25) is 0 Å². The van der Waals surface area contributed by atoms with Crippen molar-refractivity contribution in [2.24, 2.45) is 5.92 Å². The number of nitrogens with one attached hydrogen (secondary N) is 2. The number of hydrogen-bond donors (Lipinski definition) is 2. The van der Waals surface area contributed by atoms with Crippen molar-refractivity contribution < 1.29 is 4.79 Å². The molecule has 2 aromatic carbocycles. The highest BCUT2D eigenvalue weighted by Crippen LogP contribution is 2.25. The highest BCUT2D eigenvalue weighted by atomic mass is 16.1. The Labute approximate surface area is 179 Å². The topological polar surface area (TPSA) is 92.2 Å². The van der Waals surface area contributed by atoms with Gasteiger partial charge in [-0.1, -0.05) is 36.8 Å². The van der Waals surface area contributed by atoms with Crippen LogP contribution in [-0.2, 0) is 0 Å². The second-order valence-corrected chi connectivity index (χ2v) is 8.66. The lowest BCUT2D eigenvalue weighted by atomic mass is 9.87. The van der Waals surface area contributed by atoms with Crippen molar-refractivity contribution in [1.82, 2.24) is 25.1 Å². The maximum absolute atomic E-state index is 12.9. The van der Waals surface area contributed by atoms with Crippen LogP contribution in [0.15, 0.2) is 47.3 Å². The Bertz CT molecular complexity index is 1330. The number of H-pyrrole nitrogens is 1. The number of carbonyl (C=O) groups excluding carboxylic acids is 1. The molecule has 1 aliphatic rings. The van der Waals surface area contributed by atoms with Gasteiger partial charge in [-0.3, -0.25) is 9.59 Å². The maximum atomic E-state index is 12.9. The third kappa shape index (κ3) is 3.60. The smallest absolute Gasteiger partial charge is 0.281 e. The molecule has 31 heavy (non-hydrogen) atoms. The van der Waals surface area contributed by atoms with E-state index in [-0.39, 0.29) is 17.5 Å². The highest BCUT2D eigenvalue weighted by molar-refractivity contribution is 5.98. The average molecular weight is 415 g/mol. The quantitative estimate of drug-likeness (QED) is 0.532. The van der Waals surface area contributed by atoms with Gasteiger partial charge < -0.3 is 5.32 Å². The fourth-order valence-electron chi connectivity index (χ4n) is 4.35. The van der Waals surface area contributed by atoms with Crippen LogP contribution in [0.3, 0.4) is 0 Å². The number of hydrogen-bond acceptors (Lipinski definition) is 4. The molecule has 1 saturated carbocycles. The summed E-state index contributed by atoms with van der Waals surface area (Å²) in [6, 6.07) is 13.2. The molecule has 2 heterocycles. The highest BCUT2D eigenvalue weighted by Gasteiger charge is 2.21. The van der Waals surface area contributed by atoms with Crippen molar-refractivity contribution >= 4 is 22.5 Å². The van der Waals surface area contributed by atoms with Gasteiger partial charge in [0.05, 0.1) is 10.9 Å². The summed E-state index contributed by atoms with van der Waals surface area (Å²) in [5.41, 5.74) is 3.84. The second kappa shape index (κ2) is 7.65. The minimum Gasteiger partial charge on any atom is -0.349 e. The molecule has 0 atom stereocenters. The molecule has 158 valence electrons. The molecular formula is C24H25N5O2. The standard InChI is InChI=1S/C24H25N5O2/c1-14-3-7-16(8-4-14)21-22-26-24(31)19-12-9-17(13-20(19)29(22)28-27-21)23(30)25-18-10-5-15(2)6-11-18/h3-4,7-9,12-13,15,18,28H,5-6,10-11H2,1-2H3,(H,25,30). The van der Waals surface area contributed by atoms with Crippen LogP contribution >= 0.6 is 0 Å². The molecule has 0 unspecified atom stereocenters. The van der Waals surface area contributed by atoms with Gasteiger partial charge in [-0.15, -0.1) is 0 Å². The van der Waals surface area contributed by atoms with Gasteiger partial charge in [0.2, 0.25) is 0 Å². The van der Waals surface area contributed by atoms with Crippen molar-refractivity contribution in [1.29, 1.82) is 0 Å². The third-order valence-corrected chi connectivity index (χ3v) is 6.30. The Hall–Kier alpha value is -3.48. The van der Waals surface area contributed by atoms with Gasteiger partial charge in [0.25, 0.3) is 11.5 Å². The van der Waals surface area contributed by atoms with Crippen LogP contribution in [-0.4, -0.2) is 31.8 Å². The lowest BCUT2D eigenvalue weighted by Gasteiger charge is -2.26. The molecule has 4 aromatic rings. The summed E-state index contributed by atoms with van der Waals surface area (Å²) in [6.07, 6.45) is 4.30. The van der Waals surface area contributed by atoms with E-state index in [0.717, 1.165) is 42.7 Å². The third-order valence-electron chi connectivity index (χ3n) is 6.30. The number of carbonyl (C=O) groups is 1. The minimum atomic E-state index is -0.335. The lowest BCUT2D eigenvalue weighted by Crippen LogP contribution is -2.37. The van der Waals surface area contributed by atoms with E-state index in [4.69, 9.17) is 0 Å². The van der Waals surface area contributed by atoms with E-state index in [1.807, 2.05) is 31.2 Å². The average Bonchev–Trinajstić information content (AvgIpc) is 3.19. The Morgan fingerprint density at radius 3 is 2.58 bits per heavy atom. The molecule has 0 spiro atoms. The van der Waals surface area contributed by atoms with Crippen molar-refractivity contribution in [2.75, 3.05) is 0 Å². The Morgan fingerprint density at radius 1 is 1.10 bits per heavy atom. The number of aromatic amines is 1. The van der Waals surface area contributed by atoms with Gasteiger partial charge in [0, 0.05) is 17.2 Å². The molecule has 1 aliphatic carbocycles. The molecule has 0 saturated heterocycles. The zero-order valence-corrected chi connectivity index (χ0v) is 17.7. The molecule has 1 fully saturated rings. The predicted molar refractivity (Wildman–Crippen MR) is 120 cm³/mol. The molecule has 2 N–H and O–H groups in total. The van der Waals surface area contributed by atoms with E-state index in [1.165, 1.54) is 0 Å². The normalized spacial score (nSPS) is 19.0. The van der Waals surface area contributed by atoms with Crippen molar-refractivity contribution in [3.8, 4) is 11.3 Å². The maximum Gasteiger partial charge on any atom is 0.281 e. The molecule has 7 heteroatoms. The van der Waals surface area contributed by atoms with E-state index in [2.05, 4.69) is 27.5 Å². The summed E-state index contributed by atoms with van der Waals surface area (Å²) in [5.74, 6) is 0.613. The van der Waals surface area contributed by atoms with E-state index in [1.54, 1.807) is 22.7 Å². The SMILES string of the molecule is Cc1ccc(-c2n[nH]n3c2nc(=O)c2ccc(C(=O)NC4CCC(C)CC4)cc23)cc1. The van der Waals surface area contributed by atoms with Crippen LogP contribution in [0.1, 0.15) is 48.5 Å². The van der Waals surface area contributed by atoms with Gasteiger partial charge >= 0.3 is 0 Å². The van der Waals surface area contributed by atoms with Gasteiger partial charge in [0.15, 0.2) is 5.65 Å². The largest absolute Gasteiger partial charge is 0.349 e. The van der Waals surface area contributed by atoms with Crippen molar-refractivity contribution in [3.63, 3.8) is 0 Å². The fraction of sp³-hybridized carbons (Fsp3) is 0.333. The van der Waals surface area contributed by atoms with Crippen LogP contribution in [0.5, 0.6) is 0 Å². The molecule has 5 rings (SSSR count). The summed E-state index contributed by atoms with van der Waals surface area (Å²) in [6.45, 7) is 4.27. The van der Waals surface area contributed by atoms with Crippen molar-refractivity contribution in [3.05, 3.63) is 63.9 Å². The van der Waals surface area contributed by atoms with Crippen LogP contribution in [0.4, 0.5) is 0 Å². The van der Waals surface area contributed by atoms with Gasteiger partial charge in [-0.2, -0.15) is 10.1 Å². The van der Waals surface area contributed by atoms with Crippen molar-refractivity contribution in [2.45, 2.75) is 45.6 Å². The molecule has 0 aliphatic heterocycles. The number of benzene rings is 2. The number of nitrogens with zero attached hydrogens (tertiary/aromatic N) is 3. The Balaban J connectivity index is 1.54. The number of amides is 1. The summed E-state index contributed by atoms with van der Waals surface area (Å²) < 4.78 is 1.67. The molecular weight excluding hydrogens is 390 g/mol. The monoisotopic (exact) mass is 415 g/mol. The van der Waals surface area contributed by atoms with E-state index in [0.29, 0.717) is 27.8 Å². The summed E-state index contributed by atoms with van der Waals surface area (Å²) >= 11 is 0. The van der Waals surface area contributed by atoms with E-state index in [9.17, 15) is 9.59 Å². The zero-order chi connectivity index (χ0) is 21.5. The van der Waals surface area contributed by atoms with Gasteiger partial charge in [-0.05, 0) is 56.7 Å².